The summed E-state index contributed by atoms with van der Waals surface area (Å²) in [6.45, 7) is 4.76. The molecule has 4 rings (SSSR count). The summed E-state index contributed by atoms with van der Waals surface area (Å²) in [4.78, 5) is 37.5. The van der Waals surface area contributed by atoms with Crippen molar-refractivity contribution in [3.8, 4) is 11.1 Å². The van der Waals surface area contributed by atoms with E-state index in [1.807, 2.05) is 48.5 Å². The van der Waals surface area contributed by atoms with Gasteiger partial charge in [0.2, 0.25) is 5.88 Å². The zero-order valence-corrected chi connectivity index (χ0v) is 19.1. The molecule has 2 aromatic carbocycles. The molecule has 1 heterocycles. The number of ether oxygens (including phenoxy) is 1. The van der Waals surface area contributed by atoms with Gasteiger partial charge in [0, 0.05) is 17.5 Å². The fraction of sp³-hybridized carbons (Fsp3) is 0.280. The highest BCUT2D eigenvalue weighted by molar-refractivity contribution is 5.96. The van der Waals surface area contributed by atoms with Crippen molar-refractivity contribution in [1.82, 2.24) is 10.1 Å². The number of nitrogens with one attached hydrogen (secondary N) is 1. The second-order valence-electron chi connectivity index (χ2n) is 8.98. The zero-order chi connectivity index (χ0) is 24.5. The number of anilines is 1. The van der Waals surface area contributed by atoms with Gasteiger partial charge in [0.1, 0.15) is 13.2 Å². The Hall–Kier alpha value is -4.14. The molecule has 0 spiro atoms. The first-order valence-corrected chi connectivity index (χ1v) is 10.8. The Labute approximate surface area is 196 Å². The molecule has 0 radical (unpaired) electrons. The molecule has 9 heteroatoms. The van der Waals surface area contributed by atoms with E-state index in [0.29, 0.717) is 0 Å². The van der Waals surface area contributed by atoms with Gasteiger partial charge in [-0.25, -0.2) is 4.79 Å². The van der Waals surface area contributed by atoms with Crippen molar-refractivity contribution in [2.75, 3.05) is 18.5 Å². The third-order valence-electron chi connectivity index (χ3n) is 5.65. The number of hydrogen-bond donors (Lipinski definition) is 2. The molecule has 1 aliphatic rings. The highest BCUT2D eigenvalue weighted by Gasteiger charge is 2.32. The first-order valence-electron chi connectivity index (χ1n) is 10.8. The topological polar surface area (TPSA) is 122 Å². The quantitative estimate of drug-likeness (QED) is 0.557. The Kier molecular flexibility index (Phi) is 6.10. The van der Waals surface area contributed by atoms with Crippen LogP contribution < -0.4 is 5.32 Å². The minimum absolute atomic E-state index is 0.0789. The lowest BCUT2D eigenvalue weighted by molar-refractivity contribution is -0.138. The van der Waals surface area contributed by atoms with E-state index in [1.165, 1.54) is 6.07 Å². The number of fused-ring (bicyclic) bond motifs is 3. The van der Waals surface area contributed by atoms with Crippen LogP contribution in [0.3, 0.4) is 0 Å². The molecule has 0 saturated heterocycles. The molecule has 34 heavy (non-hydrogen) atoms. The Bertz CT molecular complexity index is 1200. The lowest BCUT2D eigenvalue weighted by Gasteiger charge is -2.33. The number of carbonyl (C=O) groups is 3. The highest BCUT2D eigenvalue weighted by Crippen LogP contribution is 2.44. The van der Waals surface area contributed by atoms with Crippen molar-refractivity contribution in [3.05, 3.63) is 71.4 Å². The summed E-state index contributed by atoms with van der Waals surface area (Å²) in [7, 11) is 0. The monoisotopic (exact) mass is 463 g/mol. The van der Waals surface area contributed by atoms with Gasteiger partial charge in [0.05, 0.1) is 0 Å². The van der Waals surface area contributed by atoms with Crippen molar-refractivity contribution in [2.24, 2.45) is 0 Å². The average Bonchev–Trinajstić information content (AvgIpc) is 3.37. The van der Waals surface area contributed by atoms with Crippen LogP contribution in [0.15, 0.2) is 59.1 Å². The number of aliphatic carboxylic acids is 1. The maximum absolute atomic E-state index is 12.8. The van der Waals surface area contributed by atoms with Crippen LogP contribution in [-0.4, -0.2) is 51.8 Å². The summed E-state index contributed by atoms with van der Waals surface area (Å²) in [5.41, 5.74) is 3.54. The molecular weight excluding hydrogens is 438 g/mol. The fourth-order valence-electron chi connectivity index (χ4n) is 4.06. The van der Waals surface area contributed by atoms with E-state index in [4.69, 9.17) is 14.4 Å². The number of amides is 2. The number of aromatic nitrogens is 1. The maximum Gasteiger partial charge on any atom is 0.414 e. The van der Waals surface area contributed by atoms with Crippen LogP contribution in [0.4, 0.5) is 10.7 Å². The predicted molar refractivity (Wildman–Crippen MR) is 124 cm³/mol. The zero-order valence-electron chi connectivity index (χ0n) is 19.1. The summed E-state index contributed by atoms with van der Waals surface area (Å²) in [5, 5.41) is 15.2. The Morgan fingerprint density at radius 2 is 1.65 bits per heavy atom. The second-order valence-corrected chi connectivity index (χ2v) is 8.98. The van der Waals surface area contributed by atoms with E-state index in [-0.39, 0.29) is 24.1 Å². The number of carboxylic acids is 1. The molecule has 2 N–H and O–H groups in total. The summed E-state index contributed by atoms with van der Waals surface area (Å²) in [5.74, 6) is -1.95. The molecule has 1 aliphatic carbocycles. The number of hydrogen-bond acceptors (Lipinski definition) is 6. The van der Waals surface area contributed by atoms with Crippen molar-refractivity contribution in [1.29, 1.82) is 0 Å². The smallest absolute Gasteiger partial charge is 0.414 e. The number of benzene rings is 2. The van der Waals surface area contributed by atoms with E-state index < -0.39 is 30.1 Å². The average molecular weight is 463 g/mol. The van der Waals surface area contributed by atoms with Gasteiger partial charge in [0.15, 0.2) is 5.69 Å². The summed E-state index contributed by atoms with van der Waals surface area (Å²) >= 11 is 0. The molecule has 0 saturated carbocycles. The normalized spacial score (nSPS) is 12.6. The molecule has 2 amide bonds. The molecule has 1 aromatic heterocycles. The Morgan fingerprint density at radius 1 is 1.06 bits per heavy atom. The van der Waals surface area contributed by atoms with Crippen molar-refractivity contribution >= 4 is 23.9 Å². The third kappa shape index (κ3) is 4.63. The molecular formula is C25H25N3O6. The second kappa shape index (κ2) is 9.01. The van der Waals surface area contributed by atoms with E-state index in [0.717, 1.165) is 27.2 Å². The van der Waals surface area contributed by atoms with E-state index in [2.05, 4.69) is 10.5 Å². The fourth-order valence-corrected chi connectivity index (χ4v) is 4.06. The number of carbonyl (C=O) groups excluding carboxylic acids is 2. The number of nitrogens with zero attached hydrogens (tertiary/aromatic N) is 2. The van der Waals surface area contributed by atoms with Crippen LogP contribution in [0.25, 0.3) is 11.1 Å². The summed E-state index contributed by atoms with van der Waals surface area (Å²) in [6, 6.07) is 17.2. The number of carboxylic acid groups (broad SMARTS) is 1. The van der Waals surface area contributed by atoms with Gasteiger partial charge in [0.25, 0.3) is 5.91 Å². The van der Waals surface area contributed by atoms with Crippen LogP contribution in [0.2, 0.25) is 0 Å². The van der Waals surface area contributed by atoms with Gasteiger partial charge >= 0.3 is 12.1 Å². The van der Waals surface area contributed by atoms with E-state index >= 15 is 0 Å². The van der Waals surface area contributed by atoms with E-state index in [1.54, 1.807) is 20.8 Å². The van der Waals surface area contributed by atoms with Crippen molar-refractivity contribution < 1.29 is 28.8 Å². The Balaban J connectivity index is 1.41. The lowest BCUT2D eigenvalue weighted by atomic mass is 9.98. The molecule has 0 unspecified atom stereocenters. The SMILES string of the molecule is CC(C)(C)N(CC(=O)O)C(=O)c1cc(NC(=O)OCC2c3ccccc3-c3ccccc32)on1. The van der Waals surface area contributed by atoms with Gasteiger partial charge in [-0.1, -0.05) is 53.7 Å². The van der Waals surface area contributed by atoms with Crippen LogP contribution in [0.1, 0.15) is 48.3 Å². The summed E-state index contributed by atoms with van der Waals surface area (Å²) in [6.07, 6.45) is -0.754. The first-order chi connectivity index (χ1) is 16.1. The van der Waals surface area contributed by atoms with Gasteiger partial charge in [-0.2, -0.15) is 0 Å². The first kappa shape index (κ1) is 23.0. The third-order valence-corrected chi connectivity index (χ3v) is 5.65. The molecule has 0 atom stereocenters. The van der Waals surface area contributed by atoms with Crippen molar-refractivity contribution in [2.45, 2.75) is 32.2 Å². The minimum Gasteiger partial charge on any atom is -0.480 e. The van der Waals surface area contributed by atoms with Gasteiger partial charge in [-0.05, 0) is 43.0 Å². The van der Waals surface area contributed by atoms with Gasteiger partial charge in [-0.3, -0.25) is 14.9 Å². The lowest BCUT2D eigenvalue weighted by Crippen LogP contribution is -2.48. The summed E-state index contributed by atoms with van der Waals surface area (Å²) < 4.78 is 10.5. The number of rotatable bonds is 6. The molecule has 0 bridgehead atoms. The minimum atomic E-state index is -1.15. The maximum atomic E-state index is 12.8. The van der Waals surface area contributed by atoms with Gasteiger partial charge in [-0.15, -0.1) is 0 Å². The van der Waals surface area contributed by atoms with Crippen LogP contribution >= 0.6 is 0 Å². The molecule has 9 nitrogen and oxygen atoms in total. The standard InChI is InChI=1S/C25H25N3O6/c1-25(2,3)28(13-22(29)30)23(31)20-12-21(34-27-20)26-24(32)33-14-19-17-10-6-4-8-15(17)16-9-5-7-11-18(16)19/h4-12,19H,13-14H2,1-3H3,(H,26,32)(H,29,30). The van der Waals surface area contributed by atoms with Crippen LogP contribution in [-0.2, 0) is 9.53 Å². The van der Waals surface area contributed by atoms with Gasteiger partial charge < -0.3 is 19.3 Å². The molecule has 0 fully saturated rings. The molecule has 176 valence electrons. The largest absolute Gasteiger partial charge is 0.480 e. The molecule has 3 aromatic rings. The van der Waals surface area contributed by atoms with Crippen LogP contribution in [0.5, 0.6) is 0 Å². The molecule has 0 aliphatic heterocycles. The van der Waals surface area contributed by atoms with E-state index in [9.17, 15) is 14.4 Å². The Morgan fingerprint density at radius 3 is 2.21 bits per heavy atom. The van der Waals surface area contributed by atoms with Crippen LogP contribution in [0, 0.1) is 0 Å². The highest BCUT2D eigenvalue weighted by atomic mass is 16.6. The predicted octanol–water partition coefficient (Wildman–Crippen LogP) is 4.36. The van der Waals surface area contributed by atoms with Crippen molar-refractivity contribution in [3.63, 3.8) is 0 Å².